The van der Waals surface area contributed by atoms with Gasteiger partial charge in [0.25, 0.3) is 0 Å². The number of nitrogens with zero attached hydrogens (tertiary/aromatic N) is 2. The van der Waals surface area contributed by atoms with E-state index in [9.17, 15) is 0 Å². The standard InChI is InChI=1S/C5H7IN2S/c1-4-3-7-5(9-4)8(2)6/h3H,1-2H3. The third-order valence-electron chi connectivity index (χ3n) is 0.873. The van der Waals surface area contributed by atoms with Crippen LogP contribution in [0.4, 0.5) is 5.13 Å². The maximum atomic E-state index is 4.15. The molecule has 1 rings (SSSR count). The normalized spacial score (nSPS) is 9.67. The van der Waals surface area contributed by atoms with Crippen LogP contribution < -0.4 is 3.11 Å². The molecule has 0 aromatic carbocycles. The second kappa shape index (κ2) is 2.83. The van der Waals surface area contributed by atoms with Crippen molar-refractivity contribution in [1.29, 1.82) is 0 Å². The summed E-state index contributed by atoms with van der Waals surface area (Å²) in [5, 5.41) is 1.06. The van der Waals surface area contributed by atoms with Crippen LogP contribution in [-0.2, 0) is 0 Å². The fourth-order valence-electron chi connectivity index (χ4n) is 0.485. The molecule has 0 fully saturated rings. The lowest BCUT2D eigenvalue weighted by Crippen LogP contribution is -1.96. The van der Waals surface area contributed by atoms with Crippen LogP contribution in [0.15, 0.2) is 6.20 Å². The van der Waals surface area contributed by atoms with Crippen molar-refractivity contribution < 1.29 is 0 Å². The predicted octanol–water partition coefficient (Wildman–Crippen LogP) is 2.24. The van der Waals surface area contributed by atoms with E-state index in [1.165, 1.54) is 4.88 Å². The lowest BCUT2D eigenvalue weighted by molar-refractivity contribution is 1.30. The monoisotopic (exact) mass is 254 g/mol. The zero-order chi connectivity index (χ0) is 6.85. The SMILES string of the molecule is Cc1cnc(N(C)I)s1. The van der Waals surface area contributed by atoms with Crippen molar-refractivity contribution in [3.8, 4) is 0 Å². The molecule has 0 saturated heterocycles. The average Bonchev–Trinajstić information content (AvgIpc) is 2.14. The fourth-order valence-corrected chi connectivity index (χ4v) is 1.53. The number of halogens is 1. The number of aromatic nitrogens is 1. The van der Waals surface area contributed by atoms with Crippen LogP contribution in [0, 0.1) is 6.92 Å². The lowest BCUT2D eigenvalue weighted by Gasteiger charge is -2.01. The molecule has 0 atom stereocenters. The van der Waals surface area contributed by atoms with Gasteiger partial charge in [0.05, 0.1) is 22.9 Å². The molecule has 0 saturated carbocycles. The first-order valence-electron chi connectivity index (χ1n) is 2.52. The zero-order valence-electron chi connectivity index (χ0n) is 5.26. The van der Waals surface area contributed by atoms with Crippen LogP contribution in [0.25, 0.3) is 0 Å². The number of rotatable bonds is 1. The summed E-state index contributed by atoms with van der Waals surface area (Å²) in [5.74, 6) is 0. The second-order valence-electron chi connectivity index (χ2n) is 1.73. The molecular formula is C5H7IN2S. The van der Waals surface area contributed by atoms with E-state index >= 15 is 0 Å². The van der Waals surface area contributed by atoms with Gasteiger partial charge in [-0.15, -0.1) is 11.3 Å². The number of aryl methyl sites for hydroxylation is 1. The Morgan fingerprint density at radius 3 is 2.67 bits per heavy atom. The third-order valence-corrected chi connectivity index (χ3v) is 2.65. The van der Waals surface area contributed by atoms with Crippen molar-refractivity contribution in [2.45, 2.75) is 6.92 Å². The molecule has 0 N–H and O–H groups in total. The van der Waals surface area contributed by atoms with Crippen LogP contribution in [0.2, 0.25) is 0 Å². The first-order chi connectivity index (χ1) is 4.20. The summed E-state index contributed by atoms with van der Waals surface area (Å²) < 4.78 is 1.98. The zero-order valence-corrected chi connectivity index (χ0v) is 8.23. The molecule has 0 unspecified atom stereocenters. The number of thiazole rings is 1. The Labute approximate surface area is 72.4 Å². The van der Waals surface area contributed by atoms with Crippen molar-refractivity contribution in [3.63, 3.8) is 0 Å². The van der Waals surface area contributed by atoms with Crippen LogP contribution in [0.1, 0.15) is 4.88 Å². The summed E-state index contributed by atoms with van der Waals surface area (Å²) >= 11 is 3.91. The molecule has 9 heavy (non-hydrogen) atoms. The van der Waals surface area contributed by atoms with Gasteiger partial charge in [-0.2, -0.15) is 0 Å². The third kappa shape index (κ3) is 1.79. The van der Waals surface area contributed by atoms with E-state index in [0.29, 0.717) is 0 Å². The van der Waals surface area contributed by atoms with Crippen molar-refractivity contribution in [3.05, 3.63) is 11.1 Å². The summed E-state index contributed by atoms with van der Waals surface area (Å²) in [4.78, 5) is 5.41. The summed E-state index contributed by atoms with van der Waals surface area (Å²) in [6.07, 6.45) is 1.88. The van der Waals surface area contributed by atoms with Gasteiger partial charge in [-0.3, -0.25) is 3.11 Å². The van der Waals surface area contributed by atoms with Gasteiger partial charge in [0.15, 0.2) is 5.13 Å². The minimum Gasteiger partial charge on any atom is -0.294 e. The molecule has 0 radical (unpaired) electrons. The highest BCUT2D eigenvalue weighted by Gasteiger charge is 1.98. The van der Waals surface area contributed by atoms with Crippen molar-refractivity contribution in [2.24, 2.45) is 0 Å². The van der Waals surface area contributed by atoms with E-state index in [1.807, 2.05) is 16.4 Å². The molecule has 4 heteroatoms. The molecule has 1 heterocycles. The van der Waals surface area contributed by atoms with Crippen LogP contribution in [0.3, 0.4) is 0 Å². The van der Waals surface area contributed by atoms with E-state index in [0.717, 1.165) is 5.13 Å². The van der Waals surface area contributed by atoms with Gasteiger partial charge >= 0.3 is 0 Å². The lowest BCUT2D eigenvalue weighted by atomic mass is 10.7. The van der Waals surface area contributed by atoms with Crippen molar-refractivity contribution in [2.75, 3.05) is 10.2 Å². The highest BCUT2D eigenvalue weighted by molar-refractivity contribution is 14.1. The molecule has 0 aliphatic rings. The Morgan fingerprint density at radius 2 is 2.44 bits per heavy atom. The predicted molar refractivity (Wildman–Crippen MR) is 49.3 cm³/mol. The molecule has 50 valence electrons. The van der Waals surface area contributed by atoms with Crippen molar-refractivity contribution in [1.82, 2.24) is 4.98 Å². The maximum absolute atomic E-state index is 4.15. The number of anilines is 1. The number of hydrogen-bond acceptors (Lipinski definition) is 3. The molecule has 0 amide bonds. The Morgan fingerprint density at radius 1 is 1.78 bits per heavy atom. The topological polar surface area (TPSA) is 16.1 Å². The molecule has 1 aromatic heterocycles. The van der Waals surface area contributed by atoms with Gasteiger partial charge in [-0.25, -0.2) is 4.98 Å². The first kappa shape index (κ1) is 7.27. The van der Waals surface area contributed by atoms with E-state index in [4.69, 9.17) is 0 Å². The van der Waals surface area contributed by atoms with Crippen molar-refractivity contribution >= 4 is 39.3 Å². The quantitative estimate of drug-likeness (QED) is 0.564. The van der Waals surface area contributed by atoms with Gasteiger partial charge in [0, 0.05) is 18.1 Å². The second-order valence-corrected chi connectivity index (χ2v) is 4.39. The van der Waals surface area contributed by atoms with Crippen LogP contribution in [0.5, 0.6) is 0 Å². The number of hydrogen-bond donors (Lipinski definition) is 0. The van der Waals surface area contributed by atoms with Gasteiger partial charge in [0.2, 0.25) is 0 Å². The molecule has 2 nitrogen and oxygen atoms in total. The maximum Gasteiger partial charge on any atom is 0.194 e. The van der Waals surface area contributed by atoms with Crippen LogP contribution in [-0.4, -0.2) is 12.0 Å². The highest BCUT2D eigenvalue weighted by Crippen LogP contribution is 2.22. The van der Waals surface area contributed by atoms with Gasteiger partial charge in [-0.05, 0) is 6.92 Å². The van der Waals surface area contributed by atoms with Gasteiger partial charge in [-0.1, -0.05) is 0 Å². The van der Waals surface area contributed by atoms with Gasteiger partial charge in [0.1, 0.15) is 0 Å². The van der Waals surface area contributed by atoms with Crippen LogP contribution >= 0.6 is 34.2 Å². The largest absolute Gasteiger partial charge is 0.294 e. The van der Waals surface area contributed by atoms with E-state index in [-0.39, 0.29) is 0 Å². The minimum atomic E-state index is 1.06. The first-order valence-corrected chi connectivity index (χ1v) is 4.30. The fraction of sp³-hybridized carbons (Fsp3) is 0.400. The molecule has 0 aliphatic heterocycles. The molecule has 0 spiro atoms. The Balaban J connectivity index is 2.85. The van der Waals surface area contributed by atoms with E-state index in [1.54, 1.807) is 11.3 Å². The summed E-state index contributed by atoms with van der Waals surface area (Å²) in [7, 11) is 1.98. The Kier molecular flexibility index (Phi) is 2.29. The smallest absolute Gasteiger partial charge is 0.194 e. The average molecular weight is 254 g/mol. The van der Waals surface area contributed by atoms with E-state index < -0.39 is 0 Å². The minimum absolute atomic E-state index is 1.06. The molecule has 1 aromatic rings. The molecule has 0 bridgehead atoms. The summed E-state index contributed by atoms with van der Waals surface area (Å²) in [6, 6.07) is 0. The Bertz CT molecular complexity index is 197. The summed E-state index contributed by atoms with van der Waals surface area (Å²) in [5.41, 5.74) is 0. The highest BCUT2D eigenvalue weighted by atomic mass is 127. The molecular weight excluding hydrogens is 247 g/mol. The van der Waals surface area contributed by atoms with E-state index in [2.05, 4.69) is 34.8 Å². The summed E-state index contributed by atoms with van der Waals surface area (Å²) in [6.45, 7) is 2.06. The Hall–Kier alpha value is 0.160. The van der Waals surface area contributed by atoms with Gasteiger partial charge < -0.3 is 0 Å². The molecule has 0 aliphatic carbocycles.